The summed E-state index contributed by atoms with van der Waals surface area (Å²) in [4.78, 5) is 27.6. The normalized spacial score (nSPS) is 14.0. The van der Waals surface area contributed by atoms with E-state index in [-0.39, 0.29) is 11.2 Å². The number of nitrogens with one attached hydrogen (secondary N) is 2. The Hall–Kier alpha value is -2.67. The Morgan fingerprint density at radius 3 is 2.87 bits per heavy atom. The SMILES string of the molecule is O=c1[nH]n2c(=O)c3c([nH]c2c1N=Nc1cccc(Cl)c1)CCC3. The number of hydrogen-bond acceptors (Lipinski definition) is 4. The lowest BCUT2D eigenvalue weighted by atomic mass is 10.2. The maximum absolute atomic E-state index is 12.4. The first-order chi connectivity index (χ1) is 11.1. The number of aromatic amines is 2. The number of aromatic nitrogens is 3. The van der Waals surface area contributed by atoms with E-state index in [4.69, 9.17) is 11.6 Å². The molecule has 0 spiro atoms. The molecule has 2 N–H and O–H groups in total. The monoisotopic (exact) mass is 329 g/mol. The summed E-state index contributed by atoms with van der Waals surface area (Å²) in [5, 5.41) is 11.1. The van der Waals surface area contributed by atoms with Gasteiger partial charge in [-0.2, -0.15) is 9.63 Å². The van der Waals surface area contributed by atoms with Gasteiger partial charge in [-0.3, -0.25) is 14.7 Å². The minimum absolute atomic E-state index is 0.0803. The van der Waals surface area contributed by atoms with Crippen LogP contribution in [-0.2, 0) is 12.8 Å². The van der Waals surface area contributed by atoms with Gasteiger partial charge in [0.2, 0.25) is 0 Å². The molecule has 4 rings (SSSR count). The van der Waals surface area contributed by atoms with Crippen LogP contribution in [0.1, 0.15) is 17.7 Å². The average Bonchev–Trinajstić information content (AvgIpc) is 3.11. The number of halogens is 1. The largest absolute Gasteiger partial charge is 0.341 e. The van der Waals surface area contributed by atoms with Gasteiger partial charge in [-0.25, -0.2) is 0 Å². The van der Waals surface area contributed by atoms with Crippen molar-refractivity contribution in [3.05, 3.63) is 61.3 Å². The van der Waals surface area contributed by atoms with Crippen LogP contribution in [0.25, 0.3) is 5.65 Å². The first kappa shape index (κ1) is 14.0. The van der Waals surface area contributed by atoms with Gasteiger partial charge < -0.3 is 4.98 Å². The fraction of sp³-hybridized carbons (Fsp3) is 0.200. The molecule has 0 aliphatic heterocycles. The van der Waals surface area contributed by atoms with E-state index >= 15 is 0 Å². The first-order valence-electron chi connectivity index (χ1n) is 7.19. The van der Waals surface area contributed by atoms with Gasteiger partial charge in [-0.05, 0) is 37.5 Å². The van der Waals surface area contributed by atoms with Gasteiger partial charge in [0.1, 0.15) is 0 Å². The average molecular weight is 330 g/mol. The Morgan fingerprint density at radius 1 is 1.17 bits per heavy atom. The van der Waals surface area contributed by atoms with Crippen molar-refractivity contribution in [3.8, 4) is 0 Å². The molecule has 7 nitrogen and oxygen atoms in total. The van der Waals surface area contributed by atoms with Crippen molar-refractivity contribution < 1.29 is 0 Å². The molecule has 1 aliphatic carbocycles. The van der Waals surface area contributed by atoms with Crippen LogP contribution in [0.4, 0.5) is 11.4 Å². The predicted molar refractivity (Wildman–Crippen MR) is 86.3 cm³/mol. The molecule has 2 heterocycles. The highest BCUT2D eigenvalue weighted by Gasteiger charge is 2.20. The molecule has 8 heteroatoms. The molecule has 1 aliphatic rings. The van der Waals surface area contributed by atoms with Crippen molar-refractivity contribution in [2.45, 2.75) is 19.3 Å². The Bertz CT molecular complexity index is 1060. The van der Waals surface area contributed by atoms with Crippen LogP contribution in [0, 0.1) is 0 Å². The number of nitrogens with zero attached hydrogens (tertiary/aromatic N) is 3. The standard InChI is InChI=1S/C15H12ClN5O2/c16-8-3-1-4-9(7-8)18-19-12-13-17-11-6-2-5-10(11)15(23)21(13)20-14(12)22/h1,3-4,7,17H,2,5-6H2,(H,20,22). The Morgan fingerprint density at radius 2 is 2.04 bits per heavy atom. The van der Waals surface area contributed by atoms with E-state index in [0.717, 1.165) is 30.5 Å². The Kier molecular flexibility index (Phi) is 3.16. The van der Waals surface area contributed by atoms with Gasteiger partial charge in [-0.1, -0.05) is 17.7 Å². The fourth-order valence-electron chi connectivity index (χ4n) is 2.83. The number of H-pyrrole nitrogens is 2. The molecule has 0 atom stereocenters. The fourth-order valence-corrected chi connectivity index (χ4v) is 3.01. The summed E-state index contributed by atoms with van der Waals surface area (Å²) in [6, 6.07) is 6.83. The second-order valence-corrected chi connectivity index (χ2v) is 5.83. The molecule has 0 bridgehead atoms. The molecular formula is C15H12ClN5O2. The van der Waals surface area contributed by atoms with Crippen LogP contribution in [0.15, 0.2) is 44.1 Å². The smallest absolute Gasteiger partial charge is 0.294 e. The van der Waals surface area contributed by atoms with Gasteiger partial charge >= 0.3 is 0 Å². The zero-order valence-corrected chi connectivity index (χ0v) is 12.7. The lowest BCUT2D eigenvalue weighted by Crippen LogP contribution is -2.21. The molecule has 0 unspecified atom stereocenters. The second-order valence-electron chi connectivity index (χ2n) is 5.39. The van der Waals surface area contributed by atoms with Crippen molar-refractivity contribution in [1.29, 1.82) is 0 Å². The van der Waals surface area contributed by atoms with Crippen molar-refractivity contribution in [3.63, 3.8) is 0 Å². The zero-order valence-electron chi connectivity index (χ0n) is 12.0. The summed E-state index contributed by atoms with van der Waals surface area (Å²) in [7, 11) is 0. The van der Waals surface area contributed by atoms with E-state index in [0.29, 0.717) is 16.4 Å². The minimum Gasteiger partial charge on any atom is -0.341 e. The van der Waals surface area contributed by atoms with Crippen molar-refractivity contribution in [1.82, 2.24) is 14.6 Å². The molecule has 1 aromatic carbocycles. The van der Waals surface area contributed by atoms with Crippen molar-refractivity contribution >= 4 is 28.6 Å². The molecular weight excluding hydrogens is 318 g/mol. The van der Waals surface area contributed by atoms with E-state index < -0.39 is 5.56 Å². The van der Waals surface area contributed by atoms with Crippen LogP contribution in [0.2, 0.25) is 5.02 Å². The third-order valence-corrected chi connectivity index (χ3v) is 4.13. The summed E-state index contributed by atoms with van der Waals surface area (Å²) >= 11 is 5.90. The van der Waals surface area contributed by atoms with Crippen molar-refractivity contribution in [2.24, 2.45) is 10.2 Å². The van der Waals surface area contributed by atoms with Gasteiger partial charge in [0, 0.05) is 16.3 Å². The van der Waals surface area contributed by atoms with E-state index in [1.165, 1.54) is 4.52 Å². The molecule has 0 saturated heterocycles. The quantitative estimate of drug-likeness (QED) is 0.707. The van der Waals surface area contributed by atoms with Crippen LogP contribution < -0.4 is 11.1 Å². The van der Waals surface area contributed by atoms with E-state index in [1.54, 1.807) is 24.3 Å². The third kappa shape index (κ3) is 2.29. The third-order valence-electron chi connectivity index (χ3n) is 3.90. The van der Waals surface area contributed by atoms with E-state index in [2.05, 4.69) is 20.3 Å². The number of aryl methyl sites for hydroxylation is 1. The van der Waals surface area contributed by atoms with E-state index in [1.807, 2.05) is 0 Å². The molecule has 0 radical (unpaired) electrons. The summed E-state index contributed by atoms with van der Waals surface area (Å²) in [5.41, 5.74) is 1.87. The minimum atomic E-state index is -0.465. The molecule has 0 amide bonds. The summed E-state index contributed by atoms with van der Waals surface area (Å²) in [5.74, 6) is 0. The van der Waals surface area contributed by atoms with Crippen molar-refractivity contribution in [2.75, 3.05) is 0 Å². The molecule has 116 valence electrons. The van der Waals surface area contributed by atoms with Gasteiger partial charge in [0.05, 0.1) is 5.69 Å². The number of fused-ring (bicyclic) bond motifs is 2. The zero-order chi connectivity index (χ0) is 16.0. The Balaban J connectivity index is 1.87. The number of azo groups is 1. The molecule has 0 fully saturated rings. The summed E-state index contributed by atoms with van der Waals surface area (Å²) in [6.07, 6.45) is 2.45. The lowest BCUT2D eigenvalue weighted by molar-refractivity contribution is 0.857. The second kappa shape index (κ2) is 5.20. The molecule has 3 aromatic rings. The number of benzene rings is 1. The lowest BCUT2D eigenvalue weighted by Gasteiger charge is -2.01. The Labute approximate surface area is 134 Å². The predicted octanol–water partition coefficient (Wildman–Crippen LogP) is 2.87. The molecule has 23 heavy (non-hydrogen) atoms. The molecule has 0 saturated carbocycles. The van der Waals surface area contributed by atoms with E-state index in [9.17, 15) is 9.59 Å². The van der Waals surface area contributed by atoms with Crippen LogP contribution in [-0.4, -0.2) is 14.6 Å². The maximum atomic E-state index is 12.4. The summed E-state index contributed by atoms with van der Waals surface area (Å²) < 4.78 is 1.21. The van der Waals surface area contributed by atoms with Crippen LogP contribution in [0.5, 0.6) is 0 Å². The highest BCUT2D eigenvalue weighted by atomic mass is 35.5. The van der Waals surface area contributed by atoms with Crippen LogP contribution >= 0.6 is 11.6 Å². The van der Waals surface area contributed by atoms with Gasteiger partial charge in [0.25, 0.3) is 11.1 Å². The summed E-state index contributed by atoms with van der Waals surface area (Å²) in [6.45, 7) is 0. The van der Waals surface area contributed by atoms with Crippen LogP contribution in [0.3, 0.4) is 0 Å². The number of rotatable bonds is 2. The maximum Gasteiger partial charge on any atom is 0.294 e. The van der Waals surface area contributed by atoms with Gasteiger partial charge in [0.15, 0.2) is 11.3 Å². The highest BCUT2D eigenvalue weighted by Crippen LogP contribution is 2.23. The topological polar surface area (TPSA) is 94.8 Å². The van der Waals surface area contributed by atoms with Gasteiger partial charge in [-0.15, -0.1) is 5.11 Å². The molecule has 2 aromatic heterocycles. The number of hydrogen-bond donors (Lipinski definition) is 2. The highest BCUT2D eigenvalue weighted by molar-refractivity contribution is 6.30. The first-order valence-corrected chi connectivity index (χ1v) is 7.57.